The van der Waals surface area contributed by atoms with Crippen LogP contribution in [0.3, 0.4) is 0 Å². The van der Waals surface area contributed by atoms with E-state index in [1.54, 1.807) is 0 Å². The molecule has 0 N–H and O–H groups in total. The van der Waals surface area contributed by atoms with Crippen LogP contribution in [0.2, 0.25) is 0 Å². The van der Waals surface area contributed by atoms with Crippen molar-refractivity contribution in [2.24, 2.45) is 0 Å². The van der Waals surface area contributed by atoms with Crippen LogP contribution in [-0.4, -0.2) is 14.6 Å². The Morgan fingerprint density at radius 3 is 2.94 bits per heavy atom. The molecule has 3 aromatic rings. The molecule has 90 valence electrons. The summed E-state index contributed by atoms with van der Waals surface area (Å²) in [5, 5.41) is 4.33. The van der Waals surface area contributed by atoms with E-state index in [2.05, 4.69) is 69.9 Å². The Hall–Kier alpha value is -1.43. The molecule has 2 aromatic heterocycles. The van der Waals surface area contributed by atoms with E-state index in [4.69, 9.17) is 0 Å². The lowest BCUT2D eigenvalue weighted by atomic mass is 10.0. The Labute approximate surface area is 119 Å². The highest BCUT2D eigenvalue weighted by Crippen LogP contribution is 2.15. The zero-order valence-corrected chi connectivity index (χ0v) is 12.1. The molecule has 0 aliphatic rings. The molecular weight excluding hydrogens is 337 g/mol. The first-order valence-corrected chi connectivity index (χ1v) is 6.85. The molecule has 4 heteroatoms. The summed E-state index contributed by atoms with van der Waals surface area (Å²) in [5.41, 5.74) is 4.75. The highest BCUT2D eigenvalue weighted by Gasteiger charge is 2.06. The van der Waals surface area contributed by atoms with Gasteiger partial charge in [0.1, 0.15) is 0 Å². The fourth-order valence-electron chi connectivity index (χ4n) is 2.12. The molecule has 0 atom stereocenters. The van der Waals surface area contributed by atoms with Crippen molar-refractivity contribution in [2.45, 2.75) is 13.3 Å². The Morgan fingerprint density at radius 1 is 1.22 bits per heavy atom. The molecule has 0 fully saturated rings. The highest BCUT2D eigenvalue weighted by atomic mass is 127. The maximum absolute atomic E-state index is 4.47. The van der Waals surface area contributed by atoms with Gasteiger partial charge in [-0.15, -0.1) is 5.10 Å². The van der Waals surface area contributed by atoms with Gasteiger partial charge in [-0.25, -0.2) is 9.50 Å². The van der Waals surface area contributed by atoms with Gasteiger partial charge in [0.25, 0.3) is 0 Å². The van der Waals surface area contributed by atoms with Crippen molar-refractivity contribution < 1.29 is 0 Å². The van der Waals surface area contributed by atoms with Gasteiger partial charge >= 0.3 is 0 Å². The number of hydrogen-bond donors (Lipinski definition) is 0. The molecule has 2 heterocycles. The van der Waals surface area contributed by atoms with E-state index in [9.17, 15) is 0 Å². The summed E-state index contributed by atoms with van der Waals surface area (Å²) in [6, 6.07) is 12.7. The Kier molecular flexibility index (Phi) is 3.03. The molecule has 0 unspecified atom stereocenters. The first-order chi connectivity index (χ1) is 8.72. The van der Waals surface area contributed by atoms with Crippen molar-refractivity contribution in [1.82, 2.24) is 14.6 Å². The van der Waals surface area contributed by atoms with E-state index < -0.39 is 0 Å². The highest BCUT2D eigenvalue weighted by molar-refractivity contribution is 14.1. The maximum Gasteiger partial charge on any atom is 0.212 e. The molecule has 18 heavy (non-hydrogen) atoms. The van der Waals surface area contributed by atoms with Crippen molar-refractivity contribution in [2.75, 3.05) is 0 Å². The number of halogens is 1. The summed E-state index contributed by atoms with van der Waals surface area (Å²) in [6.45, 7) is 2.12. The average Bonchev–Trinajstić information content (AvgIpc) is 2.71. The van der Waals surface area contributed by atoms with Gasteiger partial charge in [0, 0.05) is 40.8 Å². The van der Waals surface area contributed by atoms with Crippen molar-refractivity contribution in [1.29, 1.82) is 0 Å². The number of benzene rings is 1. The van der Waals surface area contributed by atoms with E-state index in [1.807, 2.05) is 16.8 Å². The second-order valence-corrected chi connectivity index (χ2v) is 5.31. The SMILES string of the molecule is Cc1cccc(Cc2cccn3nc(I)nc23)c1. The van der Waals surface area contributed by atoms with Crippen LogP contribution in [0, 0.1) is 10.8 Å². The van der Waals surface area contributed by atoms with E-state index >= 15 is 0 Å². The third kappa shape index (κ3) is 2.25. The van der Waals surface area contributed by atoms with Crippen LogP contribution in [0.25, 0.3) is 5.65 Å². The van der Waals surface area contributed by atoms with E-state index in [1.165, 1.54) is 16.7 Å². The van der Waals surface area contributed by atoms with Gasteiger partial charge in [0.05, 0.1) is 0 Å². The zero-order chi connectivity index (χ0) is 12.5. The number of aryl methyl sites for hydroxylation is 1. The molecule has 3 nitrogen and oxygen atoms in total. The quantitative estimate of drug-likeness (QED) is 0.665. The van der Waals surface area contributed by atoms with Gasteiger partial charge in [0.2, 0.25) is 3.83 Å². The Bertz CT molecular complexity index is 703. The molecule has 0 radical (unpaired) electrons. The van der Waals surface area contributed by atoms with E-state index in [-0.39, 0.29) is 0 Å². The van der Waals surface area contributed by atoms with Gasteiger partial charge < -0.3 is 0 Å². The molecule has 0 spiro atoms. The summed E-state index contributed by atoms with van der Waals surface area (Å²) < 4.78 is 2.62. The molecule has 1 aromatic carbocycles. The molecule has 0 aliphatic heterocycles. The minimum Gasteiger partial charge on any atom is -0.220 e. The molecule has 3 rings (SSSR count). The second-order valence-electron chi connectivity index (χ2n) is 4.35. The largest absolute Gasteiger partial charge is 0.220 e. The van der Waals surface area contributed by atoms with Crippen molar-refractivity contribution in [3.63, 3.8) is 0 Å². The van der Waals surface area contributed by atoms with E-state index in [0.717, 1.165) is 15.9 Å². The summed E-state index contributed by atoms with van der Waals surface area (Å²) >= 11 is 2.14. The number of rotatable bonds is 2. The molecule has 0 saturated carbocycles. The van der Waals surface area contributed by atoms with E-state index in [0.29, 0.717) is 0 Å². The van der Waals surface area contributed by atoms with Crippen LogP contribution in [0.5, 0.6) is 0 Å². The number of nitrogens with zero attached hydrogens (tertiary/aromatic N) is 3. The smallest absolute Gasteiger partial charge is 0.212 e. The predicted octanol–water partition coefficient (Wildman–Crippen LogP) is 3.23. The monoisotopic (exact) mass is 349 g/mol. The van der Waals surface area contributed by atoms with Crippen LogP contribution in [0.1, 0.15) is 16.7 Å². The molecule has 0 amide bonds. The average molecular weight is 349 g/mol. The van der Waals surface area contributed by atoms with Crippen molar-refractivity contribution in [3.8, 4) is 0 Å². The third-order valence-electron chi connectivity index (χ3n) is 2.89. The normalized spacial score (nSPS) is 11.0. The number of pyridine rings is 1. The van der Waals surface area contributed by atoms with Gasteiger partial charge in [-0.1, -0.05) is 35.9 Å². The van der Waals surface area contributed by atoms with Crippen LogP contribution in [0.15, 0.2) is 42.6 Å². The first kappa shape index (κ1) is 11.6. The van der Waals surface area contributed by atoms with Crippen LogP contribution < -0.4 is 0 Å². The molecule has 0 aliphatic carbocycles. The van der Waals surface area contributed by atoms with Gasteiger partial charge in [-0.2, -0.15) is 0 Å². The first-order valence-electron chi connectivity index (χ1n) is 5.78. The summed E-state index contributed by atoms with van der Waals surface area (Å²) in [7, 11) is 0. The lowest BCUT2D eigenvalue weighted by Gasteiger charge is -2.04. The summed E-state index contributed by atoms with van der Waals surface area (Å²) in [4.78, 5) is 4.47. The number of fused-ring (bicyclic) bond motifs is 1. The van der Waals surface area contributed by atoms with Crippen molar-refractivity contribution >= 4 is 28.2 Å². The number of hydrogen-bond acceptors (Lipinski definition) is 2. The zero-order valence-electron chi connectivity index (χ0n) is 9.97. The summed E-state index contributed by atoms with van der Waals surface area (Å²) in [6.07, 6.45) is 2.82. The minimum absolute atomic E-state index is 0.782. The number of aromatic nitrogens is 3. The lowest BCUT2D eigenvalue weighted by Crippen LogP contribution is -1.95. The van der Waals surface area contributed by atoms with Gasteiger partial charge in [-0.3, -0.25) is 0 Å². The fraction of sp³-hybridized carbons (Fsp3) is 0.143. The van der Waals surface area contributed by atoms with Crippen LogP contribution >= 0.6 is 22.6 Å². The molecule has 0 bridgehead atoms. The molecule has 0 saturated heterocycles. The Morgan fingerprint density at radius 2 is 2.11 bits per heavy atom. The summed E-state index contributed by atoms with van der Waals surface area (Å²) in [5.74, 6) is 0. The van der Waals surface area contributed by atoms with Gasteiger partial charge in [-0.05, 0) is 18.6 Å². The predicted molar refractivity (Wildman–Crippen MR) is 79.7 cm³/mol. The third-order valence-corrected chi connectivity index (χ3v) is 3.35. The standard InChI is InChI=1S/C14H12IN3/c1-10-4-2-5-11(8-10)9-12-6-3-7-18-13(12)16-14(15)17-18/h2-8H,9H2,1H3. The topological polar surface area (TPSA) is 30.2 Å². The fourth-order valence-corrected chi connectivity index (χ4v) is 2.58. The van der Waals surface area contributed by atoms with Crippen LogP contribution in [-0.2, 0) is 6.42 Å². The van der Waals surface area contributed by atoms with Gasteiger partial charge in [0.15, 0.2) is 5.65 Å². The minimum atomic E-state index is 0.782. The second kappa shape index (κ2) is 4.68. The Balaban J connectivity index is 2.04. The van der Waals surface area contributed by atoms with Crippen LogP contribution in [0.4, 0.5) is 0 Å². The molecular formula is C14H12IN3. The maximum atomic E-state index is 4.47. The lowest BCUT2D eigenvalue weighted by molar-refractivity contribution is 0.935. The van der Waals surface area contributed by atoms with Crippen molar-refractivity contribution in [3.05, 3.63) is 63.1 Å².